The summed E-state index contributed by atoms with van der Waals surface area (Å²) in [5.74, 6) is 0.198. The van der Waals surface area contributed by atoms with Crippen molar-refractivity contribution in [2.75, 3.05) is 11.5 Å². The first-order chi connectivity index (χ1) is 15.6. The zero-order chi connectivity index (χ0) is 22.2. The fourth-order valence-electron chi connectivity index (χ4n) is 4.10. The van der Waals surface area contributed by atoms with Gasteiger partial charge < -0.3 is 4.74 Å². The van der Waals surface area contributed by atoms with E-state index in [1.54, 1.807) is 11.0 Å². The van der Waals surface area contributed by atoms with Crippen molar-refractivity contribution in [1.29, 1.82) is 0 Å². The molecule has 1 N–H and O–H groups in total. The maximum absolute atomic E-state index is 14.2. The zero-order valence-electron chi connectivity index (χ0n) is 17.2. The minimum atomic E-state index is -0.519. The van der Waals surface area contributed by atoms with Gasteiger partial charge in [-0.15, -0.1) is 0 Å². The number of halogens is 2. The van der Waals surface area contributed by atoms with Crippen LogP contribution < -0.4 is 9.64 Å². The Bertz CT molecular complexity index is 1290. The summed E-state index contributed by atoms with van der Waals surface area (Å²) in [6.07, 6.45) is 0. The highest BCUT2D eigenvalue weighted by atomic mass is 79.9. The second-order valence-electron chi connectivity index (χ2n) is 7.43. The number of aromatic nitrogens is 2. The molecule has 0 unspecified atom stereocenters. The molecule has 5 nitrogen and oxygen atoms in total. The molecule has 0 bridgehead atoms. The van der Waals surface area contributed by atoms with Gasteiger partial charge in [-0.1, -0.05) is 28.1 Å². The first-order valence-electron chi connectivity index (χ1n) is 10.2. The van der Waals surface area contributed by atoms with Gasteiger partial charge in [0.05, 0.1) is 18.3 Å². The lowest BCUT2D eigenvalue weighted by molar-refractivity contribution is 0.0988. The number of nitrogens with one attached hydrogen (secondary N) is 1. The lowest BCUT2D eigenvalue weighted by Gasteiger charge is -2.26. The number of carbonyl (C=O) groups excluding carboxylic acids is 1. The smallest absolute Gasteiger partial charge is 0.277 e. The minimum absolute atomic E-state index is 0.207. The van der Waals surface area contributed by atoms with Crippen molar-refractivity contribution < 1.29 is 13.9 Å². The third kappa shape index (κ3) is 3.48. The first kappa shape index (κ1) is 20.5. The Balaban J connectivity index is 1.67. The molecule has 160 valence electrons. The first-order valence-corrected chi connectivity index (χ1v) is 11.0. The highest BCUT2D eigenvalue weighted by Gasteiger charge is 2.43. The van der Waals surface area contributed by atoms with Crippen molar-refractivity contribution in [3.05, 3.63) is 99.9 Å². The molecular formula is C25H19BrFN3O2. The number of amides is 1. The summed E-state index contributed by atoms with van der Waals surface area (Å²) in [5, 5.41) is 7.38. The molecule has 0 aliphatic carbocycles. The molecule has 3 aromatic carbocycles. The van der Waals surface area contributed by atoms with Crippen LogP contribution in [0.25, 0.3) is 11.3 Å². The van der Waals surface area contributed by atoms with E-state index in [0.717, 1.165) is 27.0 Å². The van der Waals surface area contributed by atoms with Gasteiger partial charge in [0, 0.05) is 21.3 Å². The molecule has 1 aliphatic rings. The summed E-state index contributed by atoms with van der Waals surface area (Å²) >= 11 is 3.44. The average molecular weight is 492 g/mol. The Labute approximate surface area is 193 Å². The van der Waals surface area contributed by atoms with Gasteiger partial charge in [-0.05, 0) is 73.2 Å². The number of hydrogen-bond donors (Lipinski definition) is 1. The highest BCUT2D eigenvalue weighted by Crippen LogP contribution is 2.45. The normalized spacial score (nSPS) is 15.2. The molecule has 0 radical (unpaired) electrons. The predicted octanol–water partition coefficient (Wildman–Crippen LogP) is 6.13. The van der Waals surface area contributed by atoms with Crippen LogP contribution >= 0.6 is 15.9 Å². The molecule has 0 saturated heterocycles. The molecule has 0 fully saturated rings. The number of rotatable bonds is 5. The number of fused-ring (bicyclic) bond motifs is 1. The fraction of sp³-hybridized carbons (Fsp3) is 0.120. The molecule has 5 rings (SSSR count). The SMILES string of the molecule is CCOc1ccc(-c2n[nH]c3c2[C@@H](c2cccc(F)c2)N(c2ccc(Br)cc2)C3=O)cc1. The quantitative estimate of drug-likeness (QED) is 0.365. The van der Waals surface area contributed by atoms with Gasteiger partial charge >= 0.3 is 0 Å². The van der Waals surface area contributed by atoms with E-state index in [0.29, 0.717) is 23.6 Å². The number of nitrogens with zero attached hydrogens (tertiary/aromatic N) is 2. The molecule has 2 heterocycles. The maximum Gasteiger partial charge on any atom is 0.277 e. The Hall–Kier alpha value is -3.45. The van der Waals surface area contributed by atoms with Crippen LogP contribution in [0.2, 0.25) is 0 Å². The number of aromatic amines is 1. The Morgan fingerprint density at radius 1 is 1.09 bits per heavy atom. The third-order valence-electron chi connectivity index (χ3n) is 5.48. The molecular weight excluding hydrogens is 473 g/mol. The highest BCUT2D eigenvalue weighted by molar-refractivity contribution is 9.10. The van der Waals surface area contributed by atoms with Gasteiger partial charge in [-0.25, -0.2) is 4.39 Å². The third-order valence-corrected chi connectivity index (χ3v) is 6.00. The zero-order valence-corrected chi connectivity index (χ0v) is 18.8. The van der Waals surface area contributed by atoms with Crippen LogP contribution in [0, 0.1) is 5.82 Å². The summed E-state index contributed by atoms with van der Waals surface area (Å²) in [6, 6.07) is 20.9. The lowest BCUT2D eigenvalue weighted by atomic mass is 9.95. The Kier molecular flexibility index (Phi) is 5.27. The van der Waals surface area contributed by atoms with Crippen LogP contribution in [0.5, 0.6) is 5.75 Å². The summed E-state index contributed by atoms with van der Waals surface area (Å²) in [5.41, 5.74) is 4.03. The monoisotopic (exact) mass is 491 g/mol. The van der Waals surface area contributed by atoms with Gasteiger partial charge in [-0.3, -0.25) is 14.8 Å². The standard InChI is InChI=1S/C25H19BrFN3O2/c1-2-32-20-12-6-15(7-13-20)22-21-23(29-28-22)25(31)30(19-10-8-17(26)9-11-19)24(21)16-4-3-5-18(27)14-16/h3-14,24H,2H2,1H3,(H,28,29)/t24-/m1/s1. The number of anilines is 1. The van der Waals surface area contributed by atoms with Crippen molar-refractivity contribution in [3.8, 4) is 17.0 Å². The molecule has 0 saturated carbocycles. The second kappa shape index (κ2) is 8.24. The van der Waals surface area contributed by atoms with E-state index in [-0.39, 0.29) is 11.7 Å². The van der Waals surface area contributed by atoms with Gasteiger partial charge in [0.1, 0.15) is 17.3 Å². The minimum Gasteiger partial charge on any atom is -0.494 e. The van der Waals surface area contributed by atoms with E-state index < -0.39 is 6.04 Å². The van der Waals surface area contributed by atoms with E-state index in [1.807, 2.05) is 61.5 Å². The summed E-state index contributed by atoms with van der Waals surface area (Å²) in [4.78, 5) is 15.1. The molecule has 4 aromatic rings. The Morgan fingerprint density at radius 3 is 2.53 bits per heavy atom. The van der Waals surface area contributed by atoms with Crippen LogP contribution in [0.15, 0.2) is 77.3 Å². The number of hydrogen-bond acceptors (Lipinski definition) is 3. The summed E-state index contributed by atoms with van der Waals surface area (Å²) < 4.78 is 20.6. The van der Waals surface area contributed by atoms with Crippen LogP contribution in [0.1, 0.15) is 34.6 Å². The van der Waals surface area contributed by atoms with Crippen LogP contribution in [-0.4, -0.2) is 22.7 Å². The topological polar surface area (TPSA) is 58.2 Å². The van der Waals surface area contributed by atoms with E-state index in [4.69, 9.17) is 4.74 Å². The number of benzene rings is 3. The average Bonchev–Trinajstić information content (AvgIpc) is 3.34. The molecule has 1 amide bonds. The fourth-order valence-corrected chi connectivity index (χ4v) is 4.37. The number of ether oxygens (including phenoxy) is 1. The van der Waals surface area contributed by atoms with Gasteiger partial charge in [0.2, 0.25) is 0 Å². The molecule has 32 heavy (non-hydrogen) atoms. The number of H-pyrrole nitrogens is 1. The van der Waals surface area contributed by atoms with E-state index >= 15 is 0 Å². The van der Waals surface area contributed by atoms with E-state index in [2.05, 4.69) is 26.1 Å². The van der Waals surface area contributed by atoms with Gasteiger partial charge in [0.25, 0.3) is 5.91 Å². The molecule has 7 heteroatoms. The second-order valence-corrected chi connectivity index (χ2v) is 8.34. The van der Waals surface area contributed by atoms with Crippen LogP contribution in [0.4, 0.5) is 10.1 Å². The van der Waals surface area contributed by atoms with Crippen LogP contribution in [0.3, 0.4) is 0 Å². The summed E-state index contributed by atoms with van der Waals surface area (Å²) in [7, 11) is 0. The molecule has 0 spiro atoms. The van der Waals surface area contributed by atoms with E-state index in [9.17, 15) is 9.18 Å². The largest absolute Gasteiger partial charge is 0.494 e. The maximum atomic E-state index is 14.2. The number of carbonyl (C=O) groups is 1. The van der Waals surface area contributed by atoms with Crippen LogP contribution in [-0.2, 0) is 0 Å². The van der Waals surface area contributed by atoms with Crippen molar-refractivity contribution >= 4 is 27.5 Å². The molecule has 1 atom stereocenters. The predicted molar refractivity (Wildman–Crippen MR) is 124 cm³/mol. The lowest BCUT2D eigenvalue weighted by Crippen LogP contribution is -2.29. The van der Waals surface area contributed by atoms with Gasteiger partial charge in [-0.2, -0.15) is 5.10 Å². The van der Waals surface area contributed by atoms with E-state index in [1.165, 1.54) is 12.1 Å². The molecule has 1 aromatic heterocycles. The van der Waals surface area contributed by atoms with Crippen molar-refractivity contribution in [2.45, 2.75) is 13.0 Å². The summed E-state index contributed by atoms with van der Waals surface area (Å²) in [6.45, 7) is 2.51. The van der Waals surface area contributed by atoms with Crippen molar-refractivity contribution in [3.63, 3.8) is 0 Å². The van der Waals surface area contributed by atoms with Crippen molar-refractivity contribution in [2.24, 2.45) is 0 Å². The van der Waals surface area contributed by atoms with Gasteiger partial charge in [0.15, 0.2) is 0 Å². The van der Waals surface area contributed by atoms with Crippen molar-refractivity contribution in [1.82, 2.24) is 10.2 Å². The molecule has 1 aliphatic heterocycles. The Morgan fingerprint density at radius 2 is 1.84 bits per heavy atom.